The summed E-state index contributed by atoms with van der Waals surface area (Å²) in [4.78, 5) is 11.8. The summed E-state index contributed by atoms with van der Waals surface area (Å²) in [6.45, 7) is 17.5. The van der Waals surface area contributed by atoms with E-state index in [1.54, 1.807) is 0 Å². The fourth-order valence-electron chi connectivity index (χ4n) is 1.52. The molecule has 0 aliphatic heterocycles. The zero-order valence-corrected chi connectivity index (χ0v) is 16.4. The van der Waals surface area contributed by atoms with Crippen molar-refractivity contribution in [2.24, 2.45) is 0 Å². The van der Waals surface area contributed by atoms with Crippen molar-refractivity contribution in [2.75, 3.05) is 13.7 Å². The number of carbonyl (C=O) groups is 1. The third-order valence-corrected chi connectivity index (χ3v) is 8.48. The highest BCUT2D eigenvalue weighted by atomic mass is 28.4. The molecule has 0 radical (unpaired) electrons. The van der Waals surface area contributed by atoms with Crippen LogP contribution in [0.5, 0.6) is 0 Å². The van der Waals surface area contributed by atoms with Crippen LogP contribution in [0.4, 0.5) is 0 Å². The molecular weight excluding hydrogens is 282 g/mol. The number of hydrogen-bond acceptors (Lipinski definition) is 4. The maximum absolute atomic E-state index is 11.8. The van der Waals surface area contributed by atoms with Crippen molar-refractivity contribution in [2.45, 2.75) is 84.2 Å². The second kappa shape index (κ2) is 7.74. The van der Waals surface area contributed by atoms with Gasteiger partial charge in [0.1, 0.15) is 5.60 Å². The van der Waals surface area contributed by atoms with E-state index in [1.165, 1.54) is 0 Å². The fourth-order valence-corrected chi connectivity index (χ4v) is 2.57. The van der Waals surface area contributed by atoms with Crippen molar-refractivity contribution in [3.8, 4) is 0 Å². The summed E-state index contributed by atoms with van der Waals surface area (Å²) in [6.07, 6.45) is 1.16. The van der Waals surface area contributed by atoms with Crippen LogP contribution in [0, 0.1) is 0 Å². The Bertz CT molecular complexity index is 329. The number of esters is 1. The second-order valence-corrected chi connectivity index (χ2v) is 13.0. The van der Waals surface area contributed by atoms with Crippen LogP contribution in [-0.4, -0.2) is 39.6 Å². The van der Waals surface area contributed by atoms with E-state index in [1.807, 2.05) is 27.8 Å². The number of carbonyl (C=O) groups excluding carboxylic acids is 1. The summed E-state index contributed by atoms with van der Waals surface area (Å²) < 4.78 is 11.5. The molecule has 0 rings (SSSR count). The lowest BCUT2D eigenvalue weighted by molar-refractivity contribution is -0.155. The van der Waals surface area contributed by atoms with Crippen LogP contribution >= 0.6 is 0 Å². The smallest absolute Gasteiger partial charge is 0.306 e. The molecule has 0 bridgehead atoms. The van der Waals surface area contributed by atoms with Crippen molar-refractivity contribution in [1.29, 1.82) is 0 Å². The molecule has 4 nitrogen and oxygen atoms in total. The Morgan fingerprint density at radius 3 is 2.05 bits per heavy atom. The second-order valence-electron chi connectivity index (χ2n) is 8.18. The highest BCUT2D eigenvalue weighted by Gasteiger charge is 2.37. The number of nitrogens with one attached hydrogen (secondary N) is 1. The van der Waals surface area contributed by atoms with E-state index in [0.29, 0.717) is 13.0 Å². The van der Waals surface area contributed by atoms with Crippen molar-refractivity contribution in [1.82, 2.24) is 5.32 Å². The predicted octanol–water partition coefficient (Wildman–Crippen LogP) is 3.72. The zero-order valence-electron chi connectivity index (χ0n) is 15.4. The minimum atomic E-state index is -1.73. The lowest BCUT2D eigenvalue weighted by atomic mass is 10.1. The Balaban J connectivity index is 4.28. The van der Waals surface area contributed by atoms with E-state index in [2.05, 4.69) is 39.2 Å². The van der Waals surface area contributed by atoms with Gasteiger partial charge in [-0.1, -0.05) is 20.8 Å². The van der Waals surface area contributed by atoms with Gasteiger partial charge in [-0.25, -0.2) is 0 Å². The Kier molecular flexibility index (Phi) is 7.60. The third kappa shape index (κ3) is 8.59. The standard InChI is InChI=1S/C16H35NO3Si/c1-15(2,3)20-14(18)11-10-13(17-7)12-19-21(8,9)16(4,5)6/h13,17H,10-12H2,1-9H3/t13-/m0/s1. The normalized spacial score (nSPS) is 14.9. The molecule has 0 spiro atoms. The molecule has 0 aliphatic rings. The molecule has 1 atom stereocenters. The molecule has 0 amide bonds. The highest BCUT2D eigenvalue weighted by Crippen LogP contribution is 2.36. The van der Waals surface area contributed by atoms with Crippen LogP contribution < -0.4 is 5.32 Å². The summed E-state index contributed by atoms with van der Waals surface area (Å²) in [5.74, 6) is -0.143. The molecule has 0 saturated carbocycles. The largest absolute Gasteiger partial charge is 0.460 e. The van der Waals surface area contributed by atoms with Gasteiger partial charge in [0.25, 0.3) is 0 Å². The molecule has 1 N–H and O–H groups in total. The maximum atomic E-state index is 11.8. The van der Waals surface area contributed by atoms with Gasteiger partial charge in [-0.15, -0.1) is 0 Å². The van der Waals surface area contributed by atoms with Gasteiger partial charge in [-0.05, 0) is 52.4 Å². The van der Waals surface area contributed by atoms with Crippen LogP contribution in [0.25, 0.3) is 0 Å². The third-order valence-electron chi connectivity index (χ3n) is 3.98. The van der Waals surface area contributed by atoms with Crippen LogP contribution in [0.3, 0.4) is 0 Å². The maximum Gasteiger partial charge on any atom is 0.306 e. The molecule has 0 aromatic rings. The molecule has 5 heteroatoms. The molecule has 0 saturated heterocycles. The van der Waals surface area contributed by atoms with Gasteiger partial charge < -0.3 is 14.5 Å². The quantitative estimate of drug-likeness (QED) is 0.574. The average molecular weight is 318 g/mol. The molecule has 0 aromatic carbocycles. The van der Waals surface area contributed by atoms with Crippen LogP contribution in [0.15, 0.2) is 0 Å². The van der Waals surface area contributed by atoms with E-state index in [0.717, 1.165) is 6.42 Å². The summed E-state index contributed by atoms with van der Waals surface area (Å²) in [7, 11) is 0.177. The monoisotopic (exact) mass is 317 g/mol. The fraction of sp³-hybridized carbons (Fsp3) is 0.938. The van der Waals surface area contributed by atoms with Gasteiger partial charge in [-0.3, -0.25) is 4.79 Å². The Morgan fingerprint density at radius 2 is 1.67 bits per heavy atom. The first-order valence-electron chi connectivity index (χ1n) is 7.81. The Morgan fingerprint density at radius 1 is 1.14 bits per heavy atom. The number of hydrogen-bond donors (Lipinski definition) is 1. The van der Waals surface area contributed by atoms with Crippen LogP contribution in [-0.2, 0) is 14.0 Å². The number of ether oxygens (including phenoxy) is 1. The minimum absolute atomic E-state index is 0.143. The Labute approximate surface area is 132 Å². The summed E-state index contributed by atoms with van der Waals surface area (Å²) in [6, 6.07) is 0.187. The first-order chi connectivity index (χ1) is 9.28. The van der Waals surface area contributed by atoms with Crippen LogP contribution in [0.2, 0.25) is 18.1 Å². The highest BCUT2D eigenvalue weighted by molar-refractivity contribution is 6.74. The van der Waals surface area contributed by atoms with E-state index < -0.39 is 13.9 Å². The van der Waals surface area contributed by atoms with Gasteiger partial charge in [0.05, 0.1) is 0 Å². The lowest BCUT2D eigenvalue weighted by Gasteiger charge is -2.37. The lowest BCUT2D eigenvalue weighted by Crippen LogP contribution is -2.44. The molecule has 0 fully saturated rings. The van der Waals surface area contributed by atoms with Gasteiger partial charge in [-0.2, -0.15) is 0 Å². The van der Waals surface area contributed by atoms with Gasteiger partial charge in [0, 0.05) is 19.1 Å². The Hall–Kier alpha value is -0.393. The van der Waals surface area contributed by atoms with E-state index >= 15 is 0 Å². The van der Waals surface area contributed by atoms with Crippen LogP contribution in [0.1, 0.15) is 54.4 Å². The van der Waals surface area contributed by atoms with Gasteiger partial charge >= 0.3 is 5.97 Å². The van der Waals surface area contributed by atoms with Gasteiger partial charge in [0.15, 0.2) is 8.32 Å². The van der Waals surface area contributed by atoms with Crippen molar-refractivity contribution >= 4 is 14.3 Å². The molecule has 21 heavy (non-hydrogen) atoms. The van der Waals surface area contributed by atoms with E-state index in [9.17, 15) is 4.79 Å². The van der Waals surface area contributed by atoms with Crippen molar-refractivity contribution in [3.05, 3.63) is 0 Å². The minimum Gasteiger partial charge on any atom is -0.460 e. The number of rotatable bonds is 7. The first kappa shape index (κ1) is 20.6. The molecule has 0 aromatic heterocycles. The van der Waals surface area contributed by atoms with E-state index in [-0.39, 0.29) is 17.0 Å². The molecule has 126 valence electrons. The predicted molar refractivity (Wildman–Crippen MR) is 91.1 cm³/mol. The summed E-state index contributed by atoms with van der Waals surface area (Å²) >= 11 is 0. The SMILES string of the molecule is CN[C@@H](CCC(=O)OC(C)(C)C)CO[Si](C)(C)C(C)(C)C. The topological polar surface area (TPSA) is 47.6 Å². The summed E-state index contributed by atoms with van der Waals surface area (Å²) in [5, 5.41) is 3.44. The first-order valence-corrected chi connectivity index (χ1v) is 10.7. The zero-order chi connectivity index (χ0) is 16.9. The molecule has 0 aliphatic carbocycles. The van der Waals surface area contributed by atoms with Crippen molar-refractivity contribution < 1.29 is 14.0 Å². The molecule has 0 heterocycles. The summed E-state index contributed by atoms with van der Waals surface area (Å²) in [5.41, 5.74) is -0.413. The van der Waals surface area contributed by atoms with E-state index in [4.69, 9.17) is 9.16 Å². The molecular formula is C16H35NO3Si. The average Bonchev–Trinajstić information content (AvgIpc) is 2.25. The van der Waals surface area contributed by atoms with Crippen molar-refractivity contribution in [3.63, 3.8) is 0 Å². The number of likely N-dealkylation sites (N-methyl/N-ethyl adjacent to an activating group) is 1. The molecule has 0 unspecified atom stereocenters. The van der Waals surface area contributed by atoms with Gasteiger partial charge in [0.2, 0.25) is 0 Å².